The highest BCUT2D eigenvalue weighted by Gasteiger charge is 2.52. The molecule has 5 nitrogen and oxygen atoms in total. The summed E-state index contributed by atoms with van der Waals surface area (Å²) in [5.74, 6) is -0.748. The molecular formula is C16H23BFNO4S. The first-order valence-corrected chi connectivity index (χ1v) is 9.64. The SMILES string of the molecule is CC1(C)OB(c2ccc(F)c(S(=O)(=O)N3CCCC3)c2)OC1(C)C. The van der Waals surface area contributed by atoms with Gasteiger partial charge in [0, 0.05) is 13.1 Å². The van der Waals surface area contributed by atoms with Crippen LogP contribution in [0.2, 0.25) is 0 Å². The number of sulfonamides is 1. The Balaban J connectivity index is 1.96. The number of hydrogen-bond donors (Lipinski definition) is 0. The molecule has 0 radical (unpaired) electrons. The molecule has 0 unspecified atom stereocenters. The van der Waals surface area contributed by atoms with E-state index in [1.807, 2.05) is 27.7 Å². The zero-order valence-electron chi connectivity index (χ0n) is 14.5. The van der Waals surface area contributed by atoms with Gasteiger partial charge in [0.2, 0.25) is 10.0 Å². The standard InChI is InChI=1S/C16H23BFNO4S/c1-15(2)16(3,4)23-17(22-15)12-7-8-13(18)14(11-12)24(20,21)19-9-5-6-10-19/h7-8,11H,5-6,9-10H2,1-4H3. The molecule has 0 bridgehead atoms. The second-order valence-electron chi connectivity index (χ2n) is 7.39. The maximum Gasteiger partial charge on any atom is 0.494 e. The fourth-order valence-corrected chi connectivity index (χ4v) is 4.53. The van der Waals surface area contributed by atoms with Gasteiger partial charge in [0.05, 0.1) is 11.2 Å². The van der Waals surface area contributed by atoms with Crippen molar-refractivity contribution >= 4 is 22.6 Å². The van der Waals surface area contributed by atoms with Crippen molar-refractivity contribution in [1.29, 1.82) is 0 Å². The Morgan fingerprint density at radius 2 is 1.62 bits per heavy atom. The van der Waals surface area contributed by atoms with E-state index in [4.69, 9.17) is 9.31 Å². The molecule has 0 aliphatic carbocycles. The summed E-state index contributed by atoms with van der Waals surface area (Å²) >= 11 is 0. The molecule has 2 heterocycles. The lowest BCUT2D eigenvalue weighted by Crippen LogP contribution is -2.41. The monoisotopic (exact) mass is 355 g/mol. The van der Waals surface area contributed by atoms with Crippen LogP contribution in [0.5, 0.6) is 0 Å². The smallest absolute Gasteiger partial charge is 0.399 e. The van der Waals surface area contributed by atoms with Crippen LogP contribution in [0, 0.1) is 5.82 Å². The van der Waals surface area contributed by atoms with Crippen LogP contribution in [0.3, 0.4) is 0 Å². The van der Waals surface area contributed by atoms with Gasteiger partial charge in [0.1, 0.15) is 10.7 Å². The summed E-state index contributed by atoms with van der Waals surface area (Å²) < 4.78 is 52.8. The van der Waals surface area contributed by atoms with Crippen molar-refractivity contribution in [3.8, 4) is 0 Å². The van der Waals surface area contributed by atoms with Gasteiger partial charge >= 0.3 is 7.12 Å². The van der Waals surface area contributed by atoms with E-state index in [2.05, 4.69) is 0 Å². The molecular weight excluding hydrogens is 332 g/mol. The van der Waals surface area contributed by atoms with Crippen LogP contribution in [0.4, 0.5) is 4.39 Å². The Bertz CT molecular complexity index is 728. The average molecular weight is 355 g/mol. The summed E-state index contributed by atoms with van der Waals surface area (Å²) in [4.78, 5) is -0.309. The maximum absolute atomic E-state index is 14.2. The third-order valence-electron chi connectivity index (χ3n) is 5.16. The molecule has 132 valence electrons. The van der Waals surface area contributed by atoms with Crippen LogP contribution >= 0.6 is 0 Å². The number of nitrogens with zero attached hydrogens (tertiary/aromatic N) is 1. The fraction of sp³-hybridized carbons (Fsp3) is 0.625. The molecule has 3 rings (SSSR count). The van der Waals surface area contributed by atoms with E-state index in [1.54, 1.807) is 0 Å². The number of benzene rings is 1. The third kappa shape index (κ3) is 2.89. The molecule has 2 fully saturated rings. The quantitative estimate of drug-likeness (QED) is 0.778. The number of halogens is 1. The normalized spacial score (nSPS) is 23.8. The first kappa shape index (κ1) is 17.9. The first-order valence-electron chi connectivity index (χ1n) is 8.20. The molecule has 2 aliphatic heterocycles. The molecule has 0 amide bonds. The Morgan fingerprint density at radius 3 is 2.17 bits per heavy atom. The largest absolute Gasteiger partial charge is 0.494 e. The van der Waals surface area contributed by atoms with Crippen LogP contribution in [-0.2, 0) is 19.3 Å². The zero-order chi connectivity index (χ0) is 17.8. The highest BCUT2D eigenvalue weighted by Crippen LogP contribution is 2.36. The fourth-order valence-electron chi connectivity index (χ4n) is 2.91. The summed E-state index contributed by atoms with van der Waals surface area (Å²) in [7, 11) is -4.55. The van der Waals surface area contributed by atoms with Gasteiger partial charge in [0.15, 0.2) is 0 Å². The van der Waals surface area contributed by atoms with Crippen molar-refractivity contribution in [3.05, 3.63) is 24.0 Å². The van der Waals surface area contributed by atoms with E-state index in [1.165, 1.54) is 22.5 Å². The minimum atomic E-state index is -3.83. The molecule has 0 aromatic heterocycles. The third-order valence-corrected chi connectivity index (χ3v) is 7.08. The lowest BCUT2D eigenvalue weighted by Gasteiger charge is -2.32. The molecule has 8 heteroatoms. The highest BCUT2D eigenvalue weighted by molar-refractivity contribution is 7.89. The van der Waals surface area contributed by atoms with Crippen LogP contribution in [0.1, 0.15) is 40.5 Å². The van der Waals surface area contributed by atoms with Crippen LogP contribution in [0.15, 0.2) is 23.1 Å². The van der Waals surface area contributed by atoms with Crippen molar-refractivity contribution in [1.82, 2.24) is 4.31 Å². The number of hydrogen-bond acceptors (Lipinski definition) is 4. The topological polar surface area (TPSA) is 55.8 Å². The van der Waals surface area contributed by atoms with E-state index in [0.717, 1.165) is 12.8 Å². The molecule has 0 spiro atoms. The second-order valence-corrected chi connectivity index (χ2v) is 9.30. The Kier molecular flexibility index (Phi) is 4.31. The summed E-state index contributed by atoms with van der Waals surface area (Å²) in [5.41, 5.74) is -0.576. The Morgan fingerprint density at radius 1 is 1.08 bits per heavy atom. The van der Waals surface area contributed by atoms with E-state index in [0.29, 0.717) is 18.6 Å². The predicted octanol–water partition coefficient (Wildman–Crippen LogP) is 1.91. The Labute approximate surface area is 143 Å². The van der Waals surface area contributed by atoms with Crippen molar-refractivity contribution in [2.45, 2.75) is 56.6 Å². The lowest BCUT2D eigenvalue weighted by atomic mass is 9.79. The molecule has 24 heavy (non-hydrogen) atoms. The molecule has 0 atom stereocenters. The minimum Gasteiger partial charge on any atom is -0.399 e. The Hall–Kier alpha value is -0.955. The van der Waals surface area contributed by atoms with Gasteiger partial charge in [-0.2, -0.15) is 4.31 Å². The average Bonchev–Trinajstić information content (AvgIpc) is 3.07. The minimum absolute atomic E-state index is 0.309. The van der Waals surface area contributed by atoms with E-state index in [9.17, 15) is 12.8 Å². The summed E-state index contributed by atoms with van der Waals surface area (Å²) in [5, 5.41) is 0. The summed E-state index contributed by atoms with van der Waals surface area (Å²) in [6.45, 7) is 8.53. The van der Waals surface area contributed by atoms with Gasteiger partial charge in [0.25, 0.3) is 0 Å². The predicted molar refractivity (Wildman–Crippen MR) is 90.1 cm³/mol. The van der Waals surface area contributed by atoms with Gasteiger partial charge in [-0.25, -0.2) is 12.8 Å². The second kappa shape index (κ2) is 5.80. The molecule has 0 saturated carbocycles. The zero-order valence-corrected chi connectivity index (χ0v) is 15.3. The van der Waals surface area contributed by atoms with E-state index >= 15 is 0 Å². The van der Waals surface area contributed by atoms with E-state index in [-0.39, 0.29) is 4.90 Å². The number of rotatable bonds is 3. The van der Waals surface area contributed by atoms with Crippen molar-refractivity contribution in [3.63, 3.8) is 0 Å². The molecule has 0 N–H and O–H groups in total. The highest BCUT2D eigenvalue weighted by atomic mass is 32.2. The van der Waals surface area contributed by atoms with Gasteiger partial charge in [-0.15, -0.1) is 0 Å². The summed E-state index contributed by atoms with van der Waals surface area (Å²) in [6.07, 6.45) is 1.61. The van der Waals surface area contributed by atoms with Crippen LogP contribution in [-0.4, -0.2) is 44.1 Å². The lowest BCUT2D eigenvalue weighted by molar-refractivity contribution is 0.00578. The summed E-state index contributed by atoms with van der Waals surface area (Å²) in [6, 6.07) is 4.02. The van der Waals surface area contributed by atoms with Gasteiger partial charge in [-0.05, 0) is 58.1 Å². The van der Waals surface area contributed by atoms with Crippen molar-refractivity contribution in [2.75, 3.05) is 13.1 Å². The van der Waals surface area contributed by atoms with Crippen LogP contribution in [0.25, 0.3) is 0 Å². The molecule has 2 aliphatic rings. The molecule has 2 saturated heterocycles. The van der Waals surface area contributed by atoms with E-state index < -0.39 is 34.2 Å². The first-order chi connectivity index (χ1) is 11.0. The van der Waals surface area contributed by atoms with Gasteiger partial charge < -0.3 is 9.31 Å². The van der Waals surface area contributed by atoms with Crippen LogP contribution < -0.4 is 5.46 Å². The molecule has 1 aromatic rings. The maximum atomic E-state index is 14.2. The van der Waals surface area contributed by atoms with Crippen molar-refractivity contribution < 1.29 is 22.1 Å². The molecule has 1 aromatic carbocycles. The van der Waals surface area contributed by atoms with Gasteiger partial charge in [-0.1, -0.05) is 6.07 Å². The van der Waals surface area contributed by atoms with Gasteiger partial charge in [-0.3, -0.25) is 0 Å². The van der Waals surface area contributed by atoms with Crippen molar-refractivity contribution in [2.24, 2.45) is 0 Å².